The van der Waals surface area contributed by atoms with Gasteiger partial charge in [-0.2, -0.15) is 5.10 Å². The van der Waals surface area contributed by atoms with Gasteiger partial charge in [-0.3, -0.25) is 14.9 Å². The molecule has 8 heteroatoms. The Bertz CT molecular complexity index is 820. The number of nitro benzene ring substituents is 1. The van der Waals surface area contributed by atoms with Gasteiger partial charge >= 0.3 is 0 Å². The van der Waals surface area contributed by atoms with Crippen LogP contribution >= 0.6 is 0 Å². The second kappa shape index (κ2) is 9.16. The summed E-state index contributed by atoms with van der Waals surface area (Å²) in [6.45, 7) is 4.72. The topological polar surface area (TPSA) is 103 Å². The van der Waals surface area contributed by atoms with E-state index in [1.54, 1.807) is 24.3 Å². The van der Waals surface area contributed by atoms with Crippen molar-refractivity contribution in [1.29, 1.82) is 0 Å². The molecule has 26 heavy (non-hydrogen) atoms. The fourth-order valence-corrected chi connectivity index (χ4v) is 2.20. The molecule has 8 nitrogen and oxygen atoms in total. The maximum Gasteiger partial charge on any atom is 0.282 e. The molecule has 0 heterocycles. The summed E-state index contributed by atoms with van der Waals surface area (Å²) in [5.41, 5.74) is 2.58. The number of carbonyl (C=O) groups excluding carboxylic acids is 1. The van der Waals surface area contributed by atoms with Crippen molar-refractivity contribution in [2.24, 2.45) is 5.10 Å². The summed E-state index contributed by atoms with van der Waals surface area (Å²) in [4.78, 5) is 22.5. The van der Waals surface area contributed by atoms with Gasteiger partial charge in [0.15, 0.2) is 0 Å². The van der Waals surface area contributed by atoms with E-state index in [1.807, 2.05) is 13.8 Å². The van der Waals surface area contributed by atoms with E-state index in [1.165, 1.54) is 24.4 Å². The van der Waals surface area contributed by atoms with Crippen LogP contribution < -0.4 is 14.9 Å². The van der Waals surface area contributed by atoms with Crippen molar-refractivity contribution in [2.75, 3.05) is 13.2 Å². The Balaban J connectivity index is 2.15. The van der Waals surface area contributed by atoms with Crippen molar-refractivity contribution in [3.63, 3.8) is 0 Å². The number of carbonyl (C=O) groups is 1. The molecule has 2 aromatic rings. The SMILES string of the molecule is CCOc1ccc(/C=N\NC(=O)c2ccccc2[N+](=O)[O-])c(OCC)c1. The van der Waals surface area contributed by atoms with E-state index in [0.29, 0.717) is 30.3 Å². The molecule has 1 amide bonds. The summed E-state index contributed by atoms with van der Waals surface area (Å²) in [6.07, 6.45) is 1.41. The number of hydrogen-bond acceptors (Lipinski definition) is 6. The first-order chi connectivity index (χ1) is 12.6. The van der Waals surface area contributed by atoms with Gasteiger partial charge in [0.1, 0.15) is 17.1 Å². The lowest BCUT2D eigenvalue weighted by atomic mass is 10.2. The molecule has 0 spiro atoms. The largest absolute Gasteiger partial charge is 0.494 e. The molecular formula is C18H19N3O5. The molecule has 1 N–H and O–H groups in total. The molecule has 2 aromatic carbocycles. The molecule has 0 bridgehead atoms. The van der Waals surface area contributed by atoms with E-state index >= 15 is 0 Å². The first kappa shape index (κ1) is 18.9. The minimum absolute atomic E-state index is 0.0635. The first-order valence-corrected chi connectivity index (χ1v) is 8.03. The number of nitrogens with zero attached hydrogens (tertiary/aromatic N) is 2. The van der Waals surface area contributed by atoms with Crippen molar-refractivity contribution >= 4 is 17.8 Å². The lowest BCUT2D eigenvalue weighted by Gasteiger charge is -2.10. The second-order valence-electron chi connectivity index (χ2n) is 5.04. The molecule has 0 unspecified atom stereocenters. The van der Waals surface area contributed by atoms with Gasteiger partial charge in [-0.15, -0.1) is 0 Å². The van der Waals surface area contributed by atoms with Gasteiger partial charge in [0.05, 0.1) is 24.4 Å². The maximum atomic E-state index is 12.1. The van der Waals surface area contributed by atoms with Crippen LogP contribution in [0.1, 0.15) is 29.8 Å². The Kier molecular flexibility index (Phi) is 6.67. The summed E-state index contributed by atoms with van der Waals surface area (Å²) >= 11 is 0. The van der Waals surface area contributed by atoms with E-state index in [9.17, 15) is 14.9 Å². The van der Waals surface area contributed by atoms with E-state index < -0.39 is 10.8 Å². The number of rotatable bonds is 8. The van der Waals surface area contributed by atoms with Crippen LogP contribution in [0.3, 0.4) is 0 Å². The van der Waals surface area contributed by atoms with Crippen LogP contribution in [-0.2, 0) is 0 Å². The quantitative estimate of drug-likeness (QED) is 0.444. The Labute approximate surface area is 150 Å². The smallest absolute Gasteiger partial charge is 0.282 e. The average Bonchev–Trinajstić information content (AvgIpc) is 2.63. The molecule has 136 valence electrons. The molecule has 0 atom stereocenters. The summed E-state index contributed by atoms with van der Waals surface area (Å²) in [7, 11) is 0. The predicted molar refractivity (Wildman–Crippen MR) is 96.9 cm³/mol. The van der Waals surface area contributed by atoms with Crippen LogP contribution in [-0.4, -0.2) is 30.3 Å². The number of amides is 1. The molecule has 0 saturated heterocycles. The molecule has 0 aliphatic heterocycles. The summed E-state index contributed by atoms with van der Waals surface area (Å²) in [5.74, 6) is 0.552. The Morgan fingerprint density at radius 3 is 2.62 bits per heavy atom. The molecule has 0 aromatic heterocycles. The molecule has 0 radical (unpaired) electrons. The molecule has 0 aliphatic carbocycles. The minimum atomic E-state index is -0.669. The number of para-hydroxylation sites is 1. The highest BCUT2D eigenvalue weighted by atomic mass is 16.6. The number of nitro groups is 1. The van der Waals surface area contributed by atoms with E-state index in [-0.39, 0.29) is 11.3 Å². The van der Waals surface area contributed by atoms with Crippen LogP contribution in [0.15, 0.2) is 47.6 Å². The van der Waals surface area contributed by atoms with Gasteiger partial charge in [0, 0.05) is 17.7 Å². The molecule has 0 aliphatic rings. The van der Waals surface area contributed by atoms with E-state index in [4.69, 9.17) is 9.47 Å². The van der Waals surface area contributed by atoms with Crippen molar-refractivity contribution in [1.82, 2.24) is 5.43 Å². The third-order valence-corrected chi connectivity index (χ3v) is 3.31. The molecule has 0 saturated carbocycles. The van der Waals surface area contributed by atoms with Gasteiger partial charge in [0.25, 0.3) is 11.6 Å². The highest BCUT2D eigenvalue weighted by molar-refractivity contribution is 5.98. The molecular weight excluding hydrogens is 338 g/mol. The predicted octanol–water partition coefficient (Wildman–Crippen LogP) is 3.16. The number of ether oxygens (including phenoxy) is 2. The third kappa shape index (κ3) is 4.79. The van der Waals surface area contributed by atoms with Gasteiger partial charge in [-0.1, -0.05) is 12.1 Å². The van der Waals surface area contributed by atoms with Crippen molar-refractivity contribution in [3.05, 3.63) is 63.7 Å². The van der Waals surface area contributed by atoms with Crippen molar-refractivity contribution in [2.45, 2.75) is 13.8 Å². The normalized spacial score (nSPS) is 10.5. The molecule has 2 rings (SSSR count). The van der Waals surface area contributed by atoms with Crippen molar-refractivity contribution < 1.29 is 19.2 Å². The lowest BCUT2D eigenvalue weighted by molar-refractivity contribution is -0.385. The maximum absolute atomic E-state index is 12.1. The Morgan fingerprint density at radius 1 is 1.19 bits per heavy atom. The van der Waals surface area contributed by atoms with Crippen LogP contribution in [0.25, 0.3) is 0 Å². The van der Waals surface area contributed by atoms with Gasteiger partial charge < -0.3 is 9.47 Å². The van der Waals surface area contributed by atoms with Gasteiger partial charge in [-0.05, 0) is 32.0 Å². The van der Waals surface area contributed by atoms with E-state index in [2.05, 4.69) is 10.5 Å². The summed E-state index contributed by atoms with van der Waals surface area (Å²) in [6, 6.07) is 10.9. The monoisotopic (exact) mass is 357 g/mol. The number of hydrazone groups is 1. The van der Waals surface area contributed by atoms with Gasteiger partial charge in [-0.25, -0.2) is 5.43 Å². The first-order valence-electron chi connectivity index (χ1n) is 8.03. The number of nitrogens with one attached hydrogen (secondary N) is 1. The average molecular weight is 357 g/mol. The standard InChI is InChI=1S/C18H19N3O5/c1-3-25-14-10-9-13(17(11-14)26-4-2)12-19-20-18(22)15-7-5-6-8-16(15)21(23)24/h5-12H,3-4H2,1-2H3,(H,20,22)/b19-12-. The van der Waals surface area contributed by atoms with Crippen LogP contribution in [0.5, 0.6) is 11.5 Å². The summed E-state index contributed by atoms with van der Waals surface area (Å²) in [5, 5.41) is 14.9. The van der Waals surface area contributed by atoms with Crippen LogP contribution in [0.4, 0.5) is 5.69 Å². The Hall–Kier alpha value is -3.42. The third-order valence-electron chi connectivity index (χ3n) is 3.31. The summed E-state index contributed by atoms with van der Waals surface area (Å²) < 4.78 is 11.0. The number of hydrogen-bond donors (Lipinski definition) is 1. The number of benzene rings is 2. The molecule has 0 fully saturated rings. The zero-order chi connectivity index (χ0) is 18.9. The van der Waals surface area contributed by atoms with Crippen LogP contribution in [0, 0.1) is 10.1 Å². The highest BCUT2D eigenvalue weighted by Gasteiger charge is 2.18. The van der Waals surface area contributed by atoms with Crippen LogP contribution in [0.2, 0.25) is 0 Å². The van der Waals surface area contributed by atoms with E-state index in [0.717, 1.165) is 0 Å². The fraction of sp³-hybridized carbons (Fsp3) is 0.222. The Morgan fingerprint density at radius 2 is 1.92 bits per heavy atom. The fourth-order valence-electron chi connectivity index (χ4n) is 2.20. The zero-order valence-corrected chi connectivity index (χ0v) is 14.5. The minimum Gasteiger partial charge on any atom is -0.494 e. The highest BCUT2D eigenvalue weighted by Crippen LogP contribution is 2.24. The zero-order valence-electron chi connectivity index (χ0n) is 14.5. The van der Waals surface area contributed by atoms with Gasteiger partial charge in [0.2, 0.25) is 0 Å². The lowest BCUT2D eigenvalue weighted by Crippen LogP contribution is -2.19. The van der Waals surface area contributed by atoms with Crippen molar-refractivity contribution in [3.8, 4) is 11.5 Å². The second-order valence-corrected chi connectivity index (χ2v) is 5.04.